The topological polar surface area (TPSA) is 35.5 Å². The molecule has 5 heteroatoms. The van der Waals surface area contributed by atoms with Gasteiger partial charge in [0.15, 0.2) is 11.5 Å². The summed E-state index contributed by atoms with van der Waals surface area (Å²) in [6.45, 7) is 7.85. The maximum absolute atomic E-state index is 11.9. The van der Waals surface area contributed by atoms with Crippen molar-refractivity contribution in [3.63, 3.8) is 0 Å². The molecular weight excluding hydrogens is 327 g/mol. The summed E-state index contributed by atoms with van der Waals surface area (Å²) in [6, 6.07) is 3.20. The van der Waals surface area contributed by atoms with E-state index in [-0.39, 0.29) is 6.61 Å². The van der Waals surface area contributed by atoms with E-state index in [1.54, 1.807) is 12.1 Å². The highest BCUT2D eigenvalue weighted by Gasteiger charge is 2.11. The monoisotopic (exact) mass is 350 g/mol. The third-order valence-corrected chi connectivity index (χ3v) is 2.50. The highest BCUT2D eigenvalue weighted by Crippen LogP contribution is 2.36. The van der Waals surface area contributed by atoms with Gasteiger partial charge in [-0.05, 0) is 28.1 Å². The highest BCUT2D eigenvalue weighted by atomic mass is 79.9. The standard InChI is InChI=1S/C11H12BrFO3.2C2H6/c1-15-10-6-8(7-14)5-9(12)11(10)16-4-2-3-13;2*1-2/h5-7H,2-4H2,1H3;2*1-2H3. The van der Waals surface area contributed by atoms with E-state index in [2.05, 4.69) is 15.9 Å². The minimum absolute atomic E-state index is 0.270. The number of carbonyl (C=O) groups is 1. The van der Waals surface area contributed by atoms with E-state index >= 15 is 0 Å². The lowest BCUT2D eigenvalue weighted by molar-refractivity contribution is 0.112. The lowest BCUT2D eigenvalue weighted by Crippen LogP contribution is -2.01. The van der Waals surface area contributed by atoms with Gasteiger partial charge in [-0.2, -0.15) is 0 Å². The Bertz CT molecular complexity index is 370. The van der Waals surface area contributed by atoms with Crippen molar-refractivity contribution < 1.29 is 18.7 Å². The molecule has 1 aromatic rings. The van der Waals surface area contributed by atoms with Gasteiger partial charge in [-0.3, -0.25) is 9.18 Å². The minimum atomic E-state index is -0.424. The molecule has 0 radical (unpaired) electrons. The summed E-state index contributed by atoms with van der Waals surface area (Å²) < 4.78 is 23.0. The van der Waals surface area contributed by atoms with Crippen molar-refractivity contribution in [3.8, 4) is 11.5 Å². The Morgan fingerprint density at radius 2 is 1.85 bits per heavy atom. The minimum Gasteiger partial charge on any atom is -0.493 e. The quantitative estimate of drug-likeness (QED) is 0.531. The zero-order chi connectivity index (χ0) is 16.0. The Labute approximate surface area is 129 Å². The third-order valence-electron chi connectivity index (χ3n) is 1.91. The fourth-order valence-electron chi connectivity index (χ4n) is 1.18. The molecule has 0 atom stereocenters. The average molecular weight is 351 g/mol. The number of halogens is 2. The Morgan fingerprint density at radius 3 is 2.30 bits per heavy atom. The van der Waals surface area contributed by atoms with Gasteiger partial charge in [-0.25, -0.2) is 0 Å². The van der Waals surface area contributed by atoms with Crippen LogP contribution in [0.15, 0.2) is 16.6 Å². The number of hydrogen-bond donors (Lipinski definition) is 0. The fraction of sp³-hybridized carbons (Fsp3) is 0.533. The van der Waals surface area contributed by atoms with Gasteiger partial charge in [-0.15, -0.1) is 0 Å². The molecule has 0 N–H and O–H groups in total. The molecule has 20 heavy (non-hydrogen) atoms. The molecule has 0 saturated carbocycles. The largest absolute Gasteiger partial charge is 0.493 e. The zero-order valence-corrected chi connectivity index (χ0v) is 14.4. The van der Waals surface area contributed by atoms with Crippen LogP contribution in [0.1, 0.15) is 44.5 Å². The van der Waals surface area contributed by atoms with Crippen LogP contribution >= 0.6 is 15.9 Å². The fourth-order valence-corrected chi connectivity index (χ4v) is 1.75. The van der Waals surface area contributed by atoms with Gasteiger partial charge in [0.25, 0.3) is 0 Å². The van der Waals surface area contributed by atoms with E-state index in [1.807, 2.05) is 27.7 Å². The Kier molecular flexibility index (Phi) is 15.2. The second-order valence-corrected chi connectivity index (χ2v) is 3.90. The number of ether oxygens (including phenoxy) is 2. The van der Waals surface area contributed by atoms with Crippen molar-refractivity contribution in [1.29, 1.82) is 0 Å². The SMILES string of the molecule is CC.CC.COc1cc(C=O)cc(Br)c1OCCCF. The second-order valence-electron chi connectivity index (χ2n) is 3.04. The van der Waals surface area contributed by atoms with Crippen molar-refractivity contribution in [3.05, 3.63) is 22.2 Å². The smallest absolute Gasteiger partial charge is 0.175 e. The van der Waals surface area contributed by atoms with Gasteiger partial charge in [-0.1, -0.05) is 27.7 Å². The Hall–Kier alpha value is -1.10. The predicted molar refractivity (Wildman–Crippen MR) is 84.9 cm³/mol. The van der Waals surface area contributed by atoms with Crippen LogP contribution in [0, 0.1) is 0 Å². The van der Waals surface area contributed by atoms with Crippen LogP contribution in [0.5, 0.6) is 11.5 Å². The number of alkyl halides is 1. The molecule has 1 rings (SSSR count). The van der Waals surface area contributed by atoms with Crippen LogP contribution in [-0.4, -0.2) is 26.7 Å². The van der Waals surface area contributed by atoms with E-state index in [4.69, 9.17) is 9.47 Å². The molecule has 0 spiro atoms. The molecule has 0 bridgehead atoms. The molecule has 0 aliphatic rings. The molecule has 0 aliphatic carbocycles. The van der Waals surface area contributed by atoms with E-state index in [9.17, 15) is 9.18 Å². The van der Waals surface area contributed by atoms with Gasteiger partial charge in [0.1, 0.15) is 6.29 Å². The molecule has 1 aromatic carbocycles. The zero-order valence-electron chi connectivity index (χ0n) is 12.8. The van der Waals surface area contributed by atoms with Gasteiger partial charge in [0.2, 0.25) is 0 Å². The summed E-state index contributed by atoms with van der Waals surface area (Å²) in [5.41, 5.74) is 0.488. The van der Waals surface area contributed by atoms with Crippen molar-refractivity contribution in [2.45, 2.75) is 34.1 Å². The van der Waals surface area contributed by atoms with E-state index in [1.165, 1.54) is 7.11 Å². The first-order chi connectivity index (χ1) is 9.72. The predicted octanol–water partition coefficient (Wildman–Crippen LogP) is 5.06. The molecule has 0 saturated heterocycles. The summed E-state index contributed by atoms with van der Waals surface area (Å²) >= 11 is 3.27. The molecule has 0 aliphatic heterocycles. The summed E-state index contributed by atoms with van der Waals surface area (Å²) in [5, 5.41) is 0. The summed E-state index contributed by atoms with van der Waals surface area (Å²) in [5.74, 6) is 0.942. The normalized spacial score (nSPS) is 8.55. The number of hydrogen-bond acceptors (Lipinski definition) is 3. The van der Waals surface area contributed by atoms with Crippen LogP contribution < -0.4 is 9.47 Å². The van der Waals surface area contributed by atoms with Crippen molar-refractivity contribution in [2.24, 2.45) is 0 Å². The van der Waals surface area contributed by atoms with E-state index < -0.39 is 6.67 Å². The first-order valence-electron chi connectivity index (χ1n) is 6.74. The van der Waals surface area contributed by atoms with E-state index in [0.717, 1.165) is 6.29 Å². The average Bonchev–Trinajstić information content (AvgIpc) is 2.52. The maximum atomic E-state index is 11.9. The number of aldehydes is 1. The Morgan fingerprint density at radius 1 is 1.25 bits per heavy atom. The number of rotatable bonds is 6. The van der Waals surface area contributed by atoms with Crippen molar-refractivity contribution in [2.75, 3.05) is 20.4 Å². The second kappa shape index (κ2) is 14.3. The molecule has 3 nitrogen and oxygen atoms in total. The van der Waals surface area contributed by atoms with Crippen molar-refractivity contribution >= 4 is 22.2 Å². The van der Waals surface area contributed by atoms with Gasteiger partial charge >= 0.3 is 0 Å². The van der Waals surface area contributed by atoms with Crippen LogP contribution in [0.25, 0.3) is 0 Å². The number of carbonyl (C=O) groups excluding carboxylic acids is 1. The lowest BCUT2D eigenvalue weighted by Gasteiger charge is -2.12. The number of methoxy groups -OCH3 is 1. The van der Waals surface area contributed by atoms with Crippen LogP contribution in [0.2, 0.25) is 0 Å². The first-order valence-corrected chi connectivity index (χ1v) is 7.53. The summed E-state index contributed by atoms with van der Waals surface area (Å²) in [4.78, 5) is 10.6. The molecule has 0 aromatic heterocycles. The van der Waals surface area contributed by atoms with Gasteiger partial charge in [0.05, 0.1) is 24.9 Å². The highest BCUT2D eigenvalue weighted by molar-refractivity contribution is 9.10. The van der Waals surface area contributed by atoms with Gasteiger partial charge < -0.3 is 9.47 Å². The first kappa shape index (κ1) is 21.2. The van der Waals surface area contributed by atoms with Gasteiger partial charge in [0, 0.05) is 12.0 Å². The van der Waals surface area contributed by atoms with Crippen molar-refractivity contribution in [1.82, 2.24) is 0 Å². The molecule has 0 amide bonds. The lowest BCUT2D eigenvalue weighted by atomic mass is 10.2. The van der Waals surface area contributed by atoms with E-state index in [0.29, 0.717) is 28.0 Å². The molecule has 116 valence electrons. The third kappa shape index (κ3) is 7.48. The van der Waals surface area contributed by atoms with Crippen LogP contribution in [0.4, 0.5) is 4.39 Å². The molecule has 0 heterocycles. The molecule has 0 unspecified atom stereocenters. The van der Waals surface area contributed by atoms with Crippen LogP contribution in [0.3, 0.4) is 0 Å². The Balaban J connectivity index is 0. The van der Waals surface area contributed by atoms with Crippen LogP contribution in [-0.2, 0) is 0 Å². The molecular formula is C15H24BrFO3. The summed E-state index contributed by atoms with van der Waals surface area (Å²) in [6.07, 6.45) is 1.05. The molecule has 0 fully saturated rings. The maximum Gasteiger partial charge on any atom is 0.175 e. The number of benzene rings is 1. The summed E-state index contributed by atoms with van der Waals surface area (Å²) in [7, 11) is 1.48.